The minimum absolute atomic E-state index is 0.0525. The molecule has 0 saturated heterocycles. The van der Waals surface area contributed by atoms with Crippen LogP contribution in [0.5, 0.6) is 17.2 Å². The summed E-state index contributed by atoms with van der Waals surface area (Å²) in [5.74, 6) is 0.281. The number of hydrogen-bond donors (Lipinski definition) is 3. The first kappa shape index (κ1) is 17.1. The third-order valence-electron chi connectivity index (χ3n) is 3.95. The molecule has 0 aliphatic carbocycles. The molecular weight excluding hydrogens is 412 g/mol. The molecule has 3 N–H and O–H groups in total. The number of halogens is 1. The fraction of sp³-hybridized carbons (Fsp3) is 0. The van der Waals surface area contributed by atoms with Crippen molar-refractivity contribution in [2.45, 2.75) is 0 Å². The number of nitrogens with zero attached hydrogens (tertiary/aromatic N) is 2. The summed E-state index contributed by atoms with van der Waals surface area (Å²) in [6, 6.07) is 14.7. The molecule has 1 heterocycles. The van der Waals surface area contributed by atoms with Gasteiger partial charge in [0.2, 0.25) is 5.89 Å². The summed E-state index contributed by atoms with van der Waals surface area (Å²) in [6.07, 6.45) is 1.45. The molecule has 4 rings (SSSR count). The Morgan fingerprint density at radius 2 is 1.74 bits per heavy atom. The molecule has 7 heteroatoms. The lowest BCUT2D eigenvalue weighted by atomic mass is 10.2. The molecule has 0 fully saturated rings. The van der Waals surface area contributed by atoms with E-state index < -0.39 is 0 Å². The van der Waals surface area contributed by atoms with Crippen LogP contribution in [0.3, 0.4) is 0 Å². The van der Waals surface area contributed by atoms with Crippen LogP contribution in [0.25, 0.3) is 22.6 Å². The van der Waals surface area contributed by atoms with Crippen LogP contribution in [-0.2, 0) is 0 Å². The highest BCUT2D eigenvalue weighted by molar-refractivity contribution is 9.10. The van der Waals surface area contributed by atoms with Gasteiger partial charge in [-0.1, -0.05) is 28.1 Å². The number of hydrogen-bond acceptors (Lipinski definition) is 6. The van der Waals surface area contributed by atoms with Gasteiger partial charge in [-0.3, -0.25) is 4.99 Å². The second-order valence-corrected chi connectivity index (χ2v) is 6.72. The molecule has 134 valence electrons. The van der Waals surface area contributed by atoms with Crippen molar-refractivity contribution in [3.8, 4) is 28.7 Å². The topological polar surface area (TPSA) is 99.1 Å². The zero-order valence-corrected chi connectivity index (χ0v) is 15.4. The van der Waals surface area contributed by atoms with Crippen molar-refractivity contribution in [3.63, 3.8) is 0 Å². The van der Waals surface area contributed by atoms with E-state index in [0.29, 0.717) is 22.2 Å². The van der Waals surface area contributed by atoms with Gasteiger partial charge in [0, 0.05) is 22.3 Å². The lowest BCUT2D eigenvalue weighted by Gasteiger charge is -2.01. The Kier molecular flexibility index (Phi) is 4.29. The van der Waals surface area contributed by atoms with E-state index in [2.05, 4.69) is 25.9 Å². The molecular formula is C20H13BrN2O4. The van der Waals surface area contributed by atoms with E-state index in [0.717, 1.165) is 4.47 Å². The molecule has 0 aliphatic heterocycles. The summed E-state index contributed by atoms with van der Waals surface area (Å²) < 4.78 is 6.44. The van der Waals surface area contributed by atoms with E-state index in [4.69, 9.17) is 4.42 Å². The SMILES string of the molecule is Oc1ccc(Br)cc1C=Nc1cc2nc(-c3ccccc3O)oc2cc1O. The Bertz CT molecular complexity index is 1180. The van der Waals surface area contributed by atoms with Crippen molar-refractivity contribution in [2.75, 3.05) is 0 Å². The van der Waals surface area contributed by atoms with Crippen molar-refractivity contribution in [2.24, 2.45) is 4.99 Å². The number of fused-ring (bicyclic) bond motifs is 1. The van der Waals surface area contributed by atoms with Crippen LogP contribution in [0, 0.1) is 0 Å². The summed E-state index contributed by atoms with van der Waals surface area (Å²) in [6.45, 7) is 0. The molecule has 0 saturated carbocycles. The highest BCUT2D eigenvalue weighted by Gasteiger charge is 2.14. The summed E-state index contributed by atoms with van der Waals surface area (Å²) >= 11 is 3.34. The first-order valence-electron chi connectivity index (χ1n) is 7.96. The van der Waals surface area contributed by atoms with Crippen LogP contribution in [0.1, 0.15) is 5.56 Å². The normalized spacial score (nSPS) is 11.4. The van der Waals surface area contributed by atoms with E-state index in [1.807, 2.05) is 0 Å². The summed E-state index contributed by atoms with van der Waals surface area (Å²) in [4.78, 5) is 8.60. The van der Waals surface area contributed by atoms with Crippen LogP contribution in [0.2, 0.25) is 0 Å². The molecule has 4 aromatic rings. The Morgan fingerprint density at radius 1 is 0.926 bits per heavy atom. The van der Waals surface area contributed by atoms with E-state index in [9.17, 15) is 15.3 Å². The minimum Gasteiger partial charge on any atom is -0.507 e. The van der Waals surface area contributed by atoms with Crippen LogP contribution in [-0.4, -0.2) is 26.5 Å². The van der Waals surface area contributed by atoms with E-state index >= 15 is 0 Å². The summed E-state index contributed by atoms with van der Waals surface area (Å²) in [7, 11) is 0. The Morgan fingerprint density at radius 3 is 2.56 bits per heavy atom. The van der Waals surface area contributed by atoms with Crippen molar-refractivity contribution in [1.82, 2.24) is 4.98 Å². The van der Waals surface area contributed by atoms with Gasteiger partial charge in [0.1, 0.15) is 28.5 Å². The number of aliphatic imine (C=N–C) groups is 1. The number of aromatic hydroxyl groups is 3. The molecule has 0 radical (unpaired) electrons. The number of rotatable bonds is 3. The molecule has 27 heavy (non-hydrogen) atoms. The van der Waals surface area contributed by atoms with Gasteiger partial charge in [0.05, 0.1) is 5.56 Å². The number of benzene rings is 3. The molecule has 0 amide bonds. The van der Waals surface area contributed by atoms with Crippen LogP contribution in [0.4, 0.5) is 5.69 Å². The molecule has 3 aromatic carbocycles. The van der Waals surface area contributed by atoms with Gasteiger partial charge in [-0.25, -0.2) is 4.98 Å². The van der Waals surface area contributed by atoms with Gasteiger partial charge < -0.3 is 19.7 Å². The average Bonchev–Trinajstić information content (AvgIpc) is 3.05. The quantitative estimate of drug-likeness (QED) is 0.396. The first-order chi connectivity index (χ1) is 13.0. The predicted octanol–water partition coefficient (Wildman–Crippen LogP) is 5.12. The molecule has 6 nitrogen and oxygen atoms in total. The highest BCUT2D eigenvalue weighted by Crippen LogP contribution is 2.36. The van der Waals surface area contributed by atoms with Gasteiger partial charge >= 0.3 is 0 Å². The predicted molar refractivity (Wildman–Crippen MR) is 106 cm³/mol. The van der Waals surface area contributed by atoms with E-state index in [-0.39, 0.29) is 28.8 Å². The highest BCUT2D eigenvalue weighted by atomic mass is 79.9. The zero-order valence-electron chi connectivity index (χ0n) is 13.8. The fourth-order valence-electron chi connectivity index (χ4n) is 2.59. The Labute approximate surface area is 162 Å². The van der Waals surface area contributed by atoms with E-state index in [1.54, 1.807) is 48.5 Å². The van der Waals surface area contributed by atoms with Gasteiger partial charge in [-0.15, -0.1) is 0 Å². The summed E-state index contributed by atoms with van der Waals surface area (Å²) in [5, 5.41) is 30.1. The van der Waals surface area contributed by atoms with Gasteiger partial charge in [-0.05, 0) is 36.4 Å². The van der Waals surface area contributed by atoms with E-state index in [1.165, 1.54) is 12.3 Å². The van der Waals surface area contributed by atoms with Crippen LogP contribution < -0.4 is 0 Å². The maximum Gasteiger partial charge on any atom is 0.231 e. The number of phenols is 3. The van der Waals surface area contributed by atoms with Gasteiger partial charge in [0.25, 0.3) is 0 Å². The number of aromatic nitrogens is 1. The summed E-state index contributed by atoms with van der Waals surface area (Å²) in [5.41, 5.74) is 2.09. The third kappa shape index (κ3) is 3.37. The lowest BCUT2D eigenvalue weighted by Crippen LogP contribution is -1.82. The standard InChI is InChI=1S/C20H13BrN2O4/c21-12-5-6-16(24)11(7-12)10-22-14-8-15-19(9-18(14)26)27-20(23-15)13-3-1-2-4-17(13)25/h1-10,24-26H. The number of para-hydroxylation sites is 1. The van der Waals surface area contributed by atoms with Crippen molar-refractivity contribution >= 4 is 38.9 Å². The van der Waals surface area contributed by atoms with Crippen molar-refractivity contribution < 1.29 is 19.7 Å². The van der Waals surface area contributed by atoms with Crippen LogP contribution in [0.15, 0.2) is 68.5 Å². The molecule has 0 unspecified atom stereocenters. The Balaban J connectivity index is 1.74. The zero-order chi connectivity index (χ0) is 19.0. The number of oxazole rings is 1. The first-order valence-corrected chi connectivity index (χ1v) is 8.75. The number of phenolic OH excluding ortho intramolecular Hbond substituents is 3. The van der Waals surface area contributed by atoms with Gasteiger partial charge in [-0.2, -0.15) is 0 Å². The van der Waals surface area contributed by atoms with Crippen molar-refractivity contribution in [1.29, 1.82) is 0 Å². The average molecular weight is 425 g/mol. The lowest BCUT2D eigenvalue weighted by molar-refractivity contribution is 0.472. The second-order valence-electron chi connectivity index (χ2n) is 5.81. The third-order valence-corrected chi connectivity index (χ3v) is 4.44. The largest absolute Gasteiger partial charge is 0.507 e. The Hall–Kier alpha value is -3.32. The molecule has 0 atom stereocenters. The monoisotopic (exact) mass is 424 g/mol. The molecule has 0 aliphatic rings. The minimum atomic E-state index is -0.0896. The molecule has 1 aromatic heterocycles. The maximum absolute atomic E-state index is 10.2. The smallest absolute Gasteiger partial charge is 0.231 e. The maximum atomic E-state index is 10.2. The van der Waals surface area contributed by atoms with Crippen LogP contribution >= 0.6 is 15.9 Å². The molecule has 0 spiro atoms. The molecule has 0 bridgehead atoms. The van der Waals surface area contributed by atoms with Gasteiger partial charge in [0.15, 0.2) is 5.58 Å². The fourth-order valence-corrected chi connectivity index (χ4v) is 2.97. The second kappa shape index (κ2) is 6.77. The van der Waals surface area contributed by atoms with Crippen molar-refractivity contribution in [3.05, 3.63) is 64.6 Å².